The number of anilines is 1. The third-order valence-electron chi connectivity index (χ3n) is 4.03. The largest absolute Gasteiger partial charge is 0.366 e. The molecule has 4 aromatic rings. The van der Waals surface area contributed by atoms with Gasteiger partial charge in [0.1, 0.15) is 5.82 Å². The molecule has 0 saturated heterocycles. The second-order valence-corrected chi connectivity index (χ2v) is 6.97. The Hall–Kier alpha value is -3.85. The van der Waals surface area contributed by atoms with Crippen molar-refractivity contribution in [3.8, 4) is 16.4 Å². The van der Waals surface area contributed by atoms with Gasteiger partial charge >= 0.3 is 0 Å². The molecule has 0 aliphatic rings. The van der Waals surface area contributed by atoms with Gasteiger partial charge in [-0.3, -0.25) is 9.59 Å². The maximum Gasteiger partial charge on any atom is 0.295 e. The second-order valence-electron chi connectivity index (χ2n) is 6.02. The quantitative estimate of drug-likeness (QED) is 0.529. The number of hydrogen-bond acceptors (Lipinski definition) is 5. The van der Waals surface area contributed by atoms with Gasteiger partial charge in [-0.15, -0.1) is 16.4 Å². The van der Waals surface area contributed by atoms with E-state index in [1.165, 1.54) is 40.3 Å². The zero-order chi connectivity index (χ0) is 20.4. The summed E-state index contributed by atoms with van der Waals surface area (Å²) in [5.74, 6) is -1.16. The van der Waals surface area contributed by atoms with Gasteiger partial charge in [-0.05, 0) is 53.9 Å². The molecule has 0 saturated carbocycles. The number of primary amides is 1. The van der Waals surface area contributed by atoms with Crippen molar-refractivity contribution in [3.05, 3.63) is 83.2 Å². The third-order valence-corrected chi connectivity index (χ3v) is 4.90. The smallest absolute Gasteiger partial charge is 0.295 e. The monoisotopic (exact) mass is 407 g/mol. The van der Waals surface area contributed by atoms with Crippen LogP contribution in [-0.4, -0.2) is 26.6 Å². The fraction of sp³-hybridized carbons (Fsp3) is 0. The lowest BCUT2D eigenvalue weighted by Crippen LogP contribution is -2.15. The highest BCUT2D eigenvalue weighted by Crippen LogP contribution is 2.26. The lowest BCUT2D eigenvalue weighted by atomic mass is 10.2. The highest BCUT2D eigenvalue weighted by molar-refractivity contribution is 7.13. The summed E-state index contributed by atoms with van der Waals surface area (Å²) in [7, 11) is 0. The fourth-order valence-corrected chi connectivity index (χ4v) is 3.36. The molecule has 0 fully saturated rings. The van der Waals surface area contributed by atoms with Gasteiger partial charge < -0.3 is 11.1 Å². The topological polar surface area (TPSA) is 103 Å². The number of benzene rings is 2. The van der Waals surface area contributed by atoms with Gasteiger partial charge in [-0.1, -0.05) is 12.1 Å². The van der Waals surface area contributed by atoms with Crippen molar-refractivity contribution in [3.63, 3.8) is 0 Å². The Bertz CT molecular complexity index is 1190. The second kappa shape index (κ2) is 7.64. The molecule has 0 spiro atoms. The van der Waals surface area contributed by atoms with Gasteiger partial charge in [0.2, 0.25) is 11.7 Å². The molecule has 2 heterocycles. The number of carbonyl (C=O) groups is 2. The number of aromatic nitrogens is 3. The number of nitrogens with zero attached hydrogens (tertiary/aromatic N) is 3. The molecule has 9 heteroatoms. The van der Waals surface area contributed by atoms with Crippen LogP contribution in [0.15, 0.2) is 66.0 Å². The molecule has 0 bridgehead atoms. The Kier molecular flexibility index (Phi) is 4.88. The number of rotatable bonds is 5. The van der Waals surface area contributed by atoms with Gasteiger partial charge in [-0.25, -0.2) is 14.1 Å². The van der Waals surface area contributed by atoms with Crippen molar-refractivity contribution in [2.24, 2.45) is 5.73 Å². The molecule has 0 radical (unpaired) electrons. The number of thiophene rings is 1. The van der Waals surface area contributed by atoms with Crippen LogP contribution in [0.3, 0.4) is 0 Å². The number of nitrogens with two attached hydrogens (primary N) is 1. The van der Waals surface area contributed by atoms with Crippen LogP contribution >= 0.6 is 11.3 Å². The Morgan fingerprint density at radius 2 is 1.86 bits per heavy atom. The average molecular weight is 407 g/mol. The Morgan fingerprint density at radius 1 is 1.07 bits per heavy atom. The minimum Gasteiger partial charge on any atom is -0.366 e. The van der Waals surface area contributed by atoms with E-state index >= 15 is 0 Å². The van der Waals surface area contributed by atoms with Crippen LogP contribution in [-0.2, 0) is 0 Å². The van der Waals surface area contributed by atoms with E-state index in [9.17, 15) is 14.0 Å². The van der Waals surface area contributed by atoms with Gasteiger partial charge in [0, 0.05) is 11.3 Å². The lowest BCUT2D eigenvalue weighted by molar-refractivity contribution is 0.0997. The molecule has 29 heavy (non-hydrogen) atoms. The van der Waals surface area contributed by atoms with Gasteiger partial charge in [0.05, 0.1) is 10.6 Å². The molecule has 0 atom stereocenters. The summed E-state index contributed by atoms with van der Waals surface area (Å²) in [6, 6.07) is 15.7. The van der Waals surface area contributed by atoms with Crippen molar-refractivity contribution < 1.29 is 14.0 Å². The molecule has 0 aliphatic heterocycles. The summed E-state index contributed by atoms with van der Waals surface area (Å²) >= 11 is 1.43. The number of hydrogen-bond donors (Lipinski definition) is 2. The number of carbonyl (C=O) groups excluding carboxylic acids is 2. The van der Waals surface area contributed by atoms with Crippen molar-refractivity contribution in [2.75, 3.05) is 5.32 Å². The first-order valence-electron chi connectivity index (χ1n) is 8.49. The first kappa shape index (κ1) is 18.5. The molecule has 4 rings (SSSR count). The standard InChI is InChI=1S/C20H14FN5O2S/c21-13-3-1-4-15(11-13)26-19(16-5-2-10-29-16)24-18(25-26)20(28)23-14-8-6-12(7-9-14)17(22)27/h1-11H,(H2,22,27)(H,23,28). The van der Waals surface area contributed by atoms with Crippen LogP contribution < -0.4 is 11.1 Å². The predicted molar refractivity (Wildman–Crippen MR) is 108 cm³/mol. The Balaban J connectivity index is 1.68. The minimum absolute atomic E-state index is 0.0726. The maximum absolute atomic E-state index is 13.7. The fourth-order valence-electron chi connectivity index (χ4n) is 2.67. The summed E-state index contributed by atoms with van der Waals surface area (Å²) in [4.78, 5) is 28.9. The molecule has 2 aromatic carbocycles. The van der Waals surface area contributed by atoms with Crippen LogP contribution in [0.5, 0.6) is 0 Å². The highest BCUT2D eigenvalue weighted by Gasteiger charge is 2.20. The van der Waals surface area contributed by atoms with E-state index in [1.54, 1.807) is 24.3 Å². The maximum atomic E-state index is 13.7. The van der Waals surface area contributed by atoms with E-state index < -0.39 is 17.6 Å². The summed E-state index contributed by atoms with van der Waals surface area (Å²) in [6.45, 7) is 0. The normalized spacial score (nSPS) is 10.7. The molecule has 2 amide bonds. The van der Waals surface area contributed by atoms with Gasteiger partial charge in [0.15, 0.2) is 5.82 Å². The van der Waals surface area contributed by atoms with E-state index in [4.69, 9.17) is 5.73 Å². The molecular formula is C20H14FN5O2S. The van der Waals surface area contributed by atoms with E-state index in [2.05, 4.69) is 15.4 Å². The molecule has 7 nitrogen and oxygen atoms in total. The Labute approximate surface area is 168 Å². The van der Waals surface area contributed by atoms with E-state index in [0.29, 0.717) is 22.8 Å². The zero-order valence-electron chi connectivity index (χ0n) is 14.9. The molecule has 0 unspecified atom stereocenters. The van der Waals surface area contributed by atoms with E-state index in [0.717, 1.165) is 4.88 Å². The molecule has 2 aromatic heterocycles. The van der Waals surface area contributed by atoms with Crippen molar-refractivity contribution in [1.29, 1.82) is 0 Å². The Morgan fingerprint density at radius 3 is 2.52 bits per heavy atom. The van der Waals surface area contributed by atoms with E-state index in [1.807, 2.05) is 17.5 Å². The van der Waals surface area contributed by atoms with Crippen molar-refractivity contribution >= 4 is 28.8 Å². The summed E-state index contributed by atoms with van der Waals surface area (Å²) < 4.78 is 15.1. The van der Waals surface area contributed by atoms with Gasteiger partial charge in [-0.2, -0.15) is 0 Å². The lowest BCUT2D eigenvalue weighted by Gasteiger charge is -2.04. The SMILES string of the molecule is NC(=O)c1ccc(NC(=O)c2nc(-c3cccs3)n(-c3cccc(F)c3)n2)cc1. The summed E-state index contributed by atoms with van der Waals surface area (Å²) in [5.41, 5.74) is 6.45. The minimum atomic E-state index is -0.557. The number of halogens is 1. The summed E-state index contributed by atoms with van der Waals surface area (Å²) in [6.07, 6.45) is 0. The summed E-state index contributed by atoms with van der Waals surface area (Å²) in [5, 5.41) is 8.83. The van der Waals surface area contributed by atoms with E-state index in [-0.39, 0.29) is 5.82 Å². The number of nitrogens with one attached hydrogen (secondary N) is 1. The van der Waals surface area contributed by atoms with Crippen LogP contribution in [0.2, 0.25) is 0 Å². The first-order valence-corrected chi connectivity index (χ1v) is 9.37. The molecule has 144 valence electrons. The van der Waals surface area contributed by atoms with Crippen LogP contribution in [0.1, 0.15) is 21.0 Å². The van der Waals surface area contributed by atoms with Crippen LogP contribution in [0.4, 0.5) is 10.1 Å². The molecule has 0 aliphatic carbocycles. The molecule has 3 N–H and O–H groups in total. The highest BCUT2D eigenvalue weighted by atomic mass is 32.1. The number of amides is 2. The van der Waals surface area contributed by atoms with Crippen molar-refractivity contribution in [2.45, 2.75) is 0 Å². The molecular weight excluding hydrogens is 393 g/mol. The predicted octanol–water partition coefficient (Wildman–Crippen LogP) is 3.49. The third kappa shape index (κ3) is 3.90. The van der Waals surface area contributed by atoms with Crippen LogP contribution in [0, 0.1) is 5.82 Å². The van der Waals surface area contributed by atoms with Crippen molar-refractivity contribution in [1.82, 2.24) is 14.8 Å². The zero-order valence-corrected chi connectivity index (χ0v) is 15.7. The first-order chi connectivity index (χ1) is 14.0. The average Bonchev–Trinajstić information content (AvgIpc) is 3.38. The van der Waals surface area contributed by atoms with Gasteiger partial charge in [0.25, 0.3) is 5.91 Å². The van der Waals surface area contributed by atoms with Crippen LogP contribution in [0.25, 0.3) is 16.4 Å².